The molecule has 0 spiro atoms. The number of nitrogens with one attached hydrogen (secondary N) is 1. The van der Waals surface area contributed by atoms with Crippen molar-refractivity contribution >= 4 is 12.1 Å². The van der Waals surface area contributed by atoms with Crippen LogP contribution in [-0.2, 0) is 21.7 Å². The Bertz CT molecular complexity index is 715. The highest BCUT2D eigenvalue weighted by Crippen LogP contribution is 2.30. The van der Waals surface area contributed by atoms with Crippen LogP contribution in [0.4, 0.5) is 4.79 Å². The lowest BCUT2D eigenvalue weighted by atomic mass is 9.83. The van der Waals surface area contributed by atoms with Gasteiger partial charge in [0.25, 0.3) is 0 Å². The van der Waals surface area contributed by atoms with E-state index in [1.807, 2.05) is 36.4 Å². The van der Waals surface area contributed by atoms with Crippen LogP contribution in [0.15, 0.2) is 73.3 Å². The van der Waals surface area contributed by atoms with Gasteiger partial charge in [0.1, 0.15) is 6.61 Å². The molecule has 0 bridgehead atoms. The first-order chi connectivity index (χ1) is 12.1. The van der Waals surface area contributed by atoms with E-state index in [2.05, 4.69) is 11.9 Å². The third-order valence-corrected chi connectivity index (χ3v) is 3.83. The van der Waals surface area contributed by atoms with Crippen molar-refractivity contribution in [3.05, 3.63) is 84.4 Å². The number of amides is 1. The lowest BCUT2D eigenvalue weighted by Crippen LogP contribution is -2.47. The molecule has 5 nitrogen and oxygen atoms in total. The maximum absolute atomic E-state index is 12.3. The van der Waals surface area contributed by atoms with Crippen molar-refractivity contribution in [2.45, 2.75) is 25.0 Å². The molecule has 25 heavy (non-hydrogen) atoms. The van der Waals surface area contributed by atoms with Gasteiger partial charge in [-0.2, -0.15) is 0 Å². The molecule has 0 saturated heterocycles. The van der Waals surface area contributed by atoms with E-state index in [1.165, 1.54) is 0 Å². The fourth-order valence-corrected chi connectivity index (χ4v) is 2.68. The number of aliphatic carboxylic acids is 1. The zero-order valence-corrected chi connectivity index (χ0v) is 13.9. The Morgan fingerprint density at radius 1 is 1.08 bits per heavy atom. The summed E-state index contributed by atoms with van der Waals surface area (Å²) in [5.74, 6) is -1.02. The molecule has 0 aliphatic rings. The third-order valence-electron chi connectivity index (χ3n) is 3.83. The highest BCUT2D eigenvalue weighted by Gasteiger charge is 2.36. The summed E-state index contributed by atoms with van der Waals surface area (Å²) < 4.78 is 5.26. The minimum atomic E-state index is -1.11. The van der Waals surface area contributed by atoms with Gasteiger partial charge < -0.3 is 15.2 Å². The highest BCUT2D eigenvalue weighted by atomic mass is 16.5. The normalized spacial score (nSPS) is 12.6. The first kappa shape index (κ1) is 18.3. The standard InChI is InChI=1S/C20H21NO4/c1-2-13-20(14-18(22)23,17-11-7-4-8-12-17)21-19(24)25-15-16-9-5-3-6-10-16/h2-12H,1,13-15H2,(H,21,24)(H,22,23)/t20-/m0/s1. The number of carbonyl (C=O) groups excluding carboxylic acids is 1. The third kappa shape index (κ3) is 5.21. The lowest BCUT2D eigenvalue weighted by Gasteiger charge is -2.32. The van der Waals surface area contributed by atoms with Crippen molar-refractivity contribution in [3.8, 4) is 0 Å². The van der Waals surface area contributed by atoms with Crippen molar-refractivity contribution in [1.29, 1.82) is 0 Å². The molecule has 0 fully saturated rings. The monoisotopic (exact) mass is 339 g/mol. The van der Waals surface area contributed by atoms with Crippen molar-refractivity contribution < 1.29 is 19.4 Å². The highest BCUT2D eigenvalue weighted by molar-refractivity contribution is 5.73. The summed E-state index contributed by atoms with van der Waals surface area (Å²) in [7, 11) is 0. The SMILES string of the molecule is C=CC[C@@](CC(=O)O)(NC(=O)OCc1ccccc1)c1ccccc1. The van der Waals surface area contributed by atoms with Crippen LogP contribution in [0, 0.1) is 0 Å². The van der Waals surface area contributed by atoms with Crippen LogP contribution in [-0.4, -0.2) is 17.2 Å². The van der Waals surface area contributed by atoms with E-state index in [4.69, 9.17) is 4.74 Å². The van der Waals surface area contributed by atoms with Crippen molar-refractivity contribution in [1.82, 2.24) is 5.32 Å². The zero-order chi connectivity index (χ0) is 18.1. The van der Waals surface area contributed by atoms with E-state index in [9.17, 15) is 14.7 Å². The van der Waals surface area contributed by atoms with Gasteiger partial charge in [0.2, 0.25) is 0 Å². The van der Waals surface area contributed by atoms with Gasteiger partial charge in [0.05, 0.1) is 12.0 Å². The molecule has 2 N–H and O–H groups in total. The fourth-order valence-electron chi connectivity index (χ4n) is 2.68. The zero-order valence-electron chi connectivity index (χ0n) is 13.9. The predicted octanol–water partition coefficient (Wildman–Crippen LogP) is 3.86. The quantitative estimate of drug-likeness (QED) is 0.716. The smallest absolute Gasteiger partial charge is 0.408 e. The van der Waals surface area contributed by atoms with E-state index >= 15 is 0 Å². The van der Waals surface area contributed by atoms with Gasteiger partial charge in [-0.05, 0) is 17.5 Å². The summed E-state index contributed by atoms with van der Waals surface area (Å²) in [4.78, 5) is 23.7. The van der Waals surface area contributed by atoms with Gasteiger partial charge in [-0.15, -0.1) is 6.58 Å². The molecule has 1 amide bonds. The fraction of sp³-hybridized carbons (Fsp3) is 0.200. The van der Waals surface area contributed by atoms with Crippen molar-refractivity contribution in [3.63, 3.8) is 0 Å². The average Bonchev–Trinajstić information content (AvgIpc) is 2.61. The lowest BCUT2D eigenvalue weighted by molar-refractivity contribution is -0.138. The molecule has 0 heterocycles. The van der Waals surface area contributed by atoms with E-state index in [1.54, 1.807) is 30.3 Å². The molecule has 0 radical (unpaired) electrons. The van der Waals surface area contributed by atoms with Gasteiger partial charge in [0.15, 0.2) is 0 Å². The molecule has 0 saturated carbocycles. The Balaban J connectivity index is 2.18. The minimum Gasteiger partial charge on any atom is -0.481 e. The summed E-state index contributed by atoms with van der Waals surface area (Å²) in [5, 5.41) is 12.1. The van der Waals surface area contributed by atoms with Crippen molar-refractivity contribution in [2.24, 2.45) is 0 Å². The number of carboxylic acids is 1. The Morgan fingerprint density at radius 2 is 1.68 bits per heavy atom. The molecule has 5 heteroatoms. The number of carbonyl (C=O) groups is 2. The van der Waals surface area contributed by atoms with Gasteiger partial charge in [-0.1, -0.05) is 66.7 Å². The summed E-state index contributed by atoms with van der Waals surface area (Å²) in [5.41, 5.74) is 0.432. The van der Waals surface area contributed by atoms with Gasteiger partial charge >= 0.3 is 12.1 Å². The maximum Gasteiger partial charge on any atom is 0.408 e. The molecule has 0 unspecified atom stereocenters. The van der Waals surface area contributed by atoms with Crippen LogP contribution in [0.25, 0.3) is 0 Å². The molecule has 2 aromatic rings. The Labute approximate surface area is 146 Å². The number of hydrogen-bond acceptors (Lipinski definition) is 3. The number of ether oxygens (including phenoxy) is 1. The molecular weight excluding hydrogens is 318 g/mol. The molecule has 0 aromatic heterocycles. The molecule has 130 valence electrons. The topological polar surface area (TPSA) is 75.6 Å². The molecule has 0 aliphatic carbocycles. The van der Waals surface area contributed by atoms with Gasteiger partial charge in [-0.25, -0.2) is 4.79 Å². The van der Waals surface area contributed by atoms with Crippen LogP contribution in [0.5, 0.6) is 0 Å². The second-order valence-electron chi connectivity index (χ2n) is 5.70. The summed E-state index contributed by atoms with van der Waals surface area (Å²) in [6.45, 7) is 3.80. The number of hydrogen-bond donors (Lipinski definition) is 2. The average molecular weight is 339 g/mol. The number of alkyl carbamates (subject to hydrolysis) is 1. The Kier molecular flexibility index (Phi) is 6.34. The van der Waals surface area contributed by atoms with Crippen LogP contribution < -0.4 is 5.32 Å². The largest absolute Gasteiger partial charge is 0.481 e. The number of rotatable bonds is 8. The molecule has 2 aromatic carbocycles. The summed E-state index contributed by atoms with van der Waals surface area (Å²) in [6, 6.07) is 18.3. The van der Waals surface area contributed by atoms with Crippen LogP contribution in [0.2, 0.25) is 0 Å². The summed E-state index contributed by atoms with van der Waals surface area (Å²) in [6.07, 6.45) is 0.913. The first-order valence-corrected chi connectivity index (χ1v) is 7.93. The van der Waals surface area contributed by atoms with E-state index in [0.717, 1.165) is 5.56 Å². The second kappa shape index (κ2) is 8.68. The first-order valence-electron chi connectivity index (χ1n) is 7.93. The van der Waals surface area contributed by atoms with E-state index in [-0.39, 0.29) is 19.4 Å². The van der Waals surface area contributed by atoms with Crippen LogP contribution >= 0.6 is 0 Å². The summed E-state index contributed by atoms with van der Waals surface area (Å²) >= 11 is 0. The maximum atomic E-state index is 12.3. The number of benzene rings is 2. The molecule has 0 aliphatic heterocycles. The van der Waals surface area contributed by atoms with Crippen LogP contribution in [0.1, 0.15) is 24.0 Å². The molecular formula is C20H21NO4. The Hall–Kier alpha value is -3.08. The van der Waals surface area contributed by atoms with E-state index in [0.29, 0.717) is 5.56 Å². The van der Waals surface area contributed by atoms with Crippen molar-refractivity contribution in [2.75, 3.05) is 0 Å². The van der Waals surface area contributed by atoms with Gasteiger partial charge in [-0.3, -0.25) is 4.79 Å². The molecule has 1 atom stereocenters. The number of carboxylic acid groups (broad SMARTS) is 1. The van der Waals surface area contributed by atoms with Gasteiger partial charge in [0, 0.05) is 0 Å². The Morgan fingerprint density at radius 3 is 2.24 bits per heavy atom. The predicted molar refractivity (Wildman–Crippen MR) is 94.9 cm³/mol. The minimum absolute atomic E-state index is 0.110. The van der Waals surface area contributed by atoms with Crippen LogP contribution in [0.3, 0.4) is 0 Å². The second-order valence-corrected chi connectivity index (χ2v) is 5.70. The van der Waals surface area contributed by atoms with E-state index < -0.39 is 17.6 Å². The molecule has 2 rings (SSSR count).